The van der Waals surface area contributed by atoms with Gasteiger partial charge >= 0.3 is 0 Å². The van der Waals surface area contributed by atoms with Crippen LogP contribution in [0.15, 0.2) is 24.3 Å². The zero-order valence-corrected chi connectivity index (χ0v) is 12.6. The standard InChI is InChI=1S/C16H25FN2O/c1-12(2)8-9-18-16(20)11-19-13(3)10-14-4-6-15(17)7-5-14/h4-7,12-13,19H,8-11H2,1-3H3,(H,18,20). The van der Waals surface area contributed by atoms with Gasteiger partial charge in [0.15, 0.2) is 0 Å². The molecular formula is C16H25FN2O. The third-order valence-electron chi connectivity index (χ3n) is 3.11. The van der Waals surface area contributed by atoms with Gasteiger partial charge in [0.25, 0.3) is 0 Å². The Kier molecular flexibility index (Phi) is 7.23. The highest BCUT2D eigenvalue weighted by molar-refractivity contribution is 5.77. The van der Waals surface area contributed by atoms with E-state index in [1.54, 1.807) is 12.1 Å². The summed E-state index contributed by atoms with van der Waals surface area (Å²) in [5, 5.41) is 6.07. The lowest BCUT2D eigenvalue weighted by atomic mass is 10.1. The van der Waals surface area contributed by atoms with Crippen LogP contribution in [0.25, 0.3) is 0 Å². The van der Waals surface area contributed by atoms with Crippen molar-refractivity contribution in [2.24, 2.45) is 5.92 Å². The second-order valence-electron chi connectivity index (χ2n) is 5.65. The first kappa shape index (κ1) is 16.6. The summed E-state index contributed by atoms with van der Waals surface area (Å²) in [5.41, 5.74) is 1.06. The summed E-state index contributed by atoms with van der Waals surface area (Å²) in [6, 6.07) is 6.64. The monoisotopic (exact) mass is 280 g/mol. The second kappa shape index (κ2) is 8.69. The van der Waals surface area contributed by atoms with Crippen molar-refractivity contribution in [2.45, 2.75) is 39.7 Å². The van der Waals surface area contributed by atoms with Crippen molar-refractivity contribution < 1.29 is 9.18 Å². The van der Waals surface area contributed by atoms with Crippen molar-refractivity contribution in [1.29, 1.82) is 0 Å². The molecule has 0 aliphatic heterocycles. The van der Waals surface area contributed by atoms with E-state index in [1.165, 1.54) is 12.1 Å². The van der Waals surface area contributed by atoms with Crippen molar-refractivity contribution in [3.63, 3.8) is 0 Å². The van der Waals surface area contributed by atoms with E-state index in [1.807, 2.05) is 6.92 Å². The highest BCUT2D eigenvalue weighted by atomic mass is 19.1. The number of hydrogen-bond acceptors (Lipinski definition) is 2. The van der Waals surface area contributed by atoms with Gasteiger partial charge in [0.2, 0.25) is 5.91 Å². The maximum Gasteiger partial charge on any atom is 0.233 e. The molecule has 0 aliphatic carbocycles. The van der Waals surface area contributed by atoms with Gasteiger partial charge in [-0.3, -0.25) is 4.79 Å². The minimum absolute atomic E-state index is 0.0246. The topological polar surface area (TPSA) is 41.1 Å². The summed E-state index contributed by atoms with van der Waals surface area (Å²) in [7, 11) is 0. The van der Waals surface area contributed by atoms with Gasteiger partial charge in [0.1, 0.15) is 5.82 Å². The van der Waals surface area contributed by atoms with Crippen molar-refractivity contribution >= 4 is 5.91 Å². The van der Waals surface area contributed by atoms with Crippen LogP contribution in [0.3, 0.4) is 0 Å². The van der Waals surface area contributed by atoms with Crippen LogP contribution in [0, 0.1) is 11.7 Å². The van der Waals surface area contributed by atoms with Crippen molar-refractivity contribution in [3.05, 3.63) is 35.6 Å². The van der Waals surface area contributed by atoms with E-state index < -0.39 is 0 Å². The number of rotatable bonds is 8. The lowest BCUT2D eigenvalue weighted by Gasteiger charge is -2.14. The maximum atomic E-state index is 12.8. The number of halogens is 1. The number of amides is 1. The predicted octanol–water partition coefficient (Wildman–Crippen LogP) is 2.51. The Morgan fingerprint density at radius 3 is 2.45 bits per heavy atom. The van der Waals surface area contributed by atoms with Crippen LogP contribution < -0.4 is 10.6 Å². The van der Waals surface area contributed by atoms with E-state index in [0.717, 1.165) is 24.9 Å². The molecule has 20 heavy (non-hydrogen) atoms. The van der Waals surface area contributed by atoms with Gasteiger partial charge in [-0.2, -0.15) is 0 Å². The third-order valence-corrected chi connectivity index (χ3v) is 3.11. The molecule has 0 aromatic heterocycles. The maximum absolute atomic E-state index is 12.8. The van der Waals surface area contributed by atoms with Crippen molar-refractivity contribution in [3.8, 4) is 0 Å². The van der Waals surface area contributed by atoms with Gasteiger partial charge < -0.3 is 10.6 Å². The number of carbonyl (C=O) groups is 1. The quantitative estimate of drug-likeness (QED) is 0.768. The second-order valence-corrected chi connectivity index (χ2v) is 5.65. The Hall–Kier alpha value is -1.42. The molecule has 0 spiro atoms. The van der Waals surface area contributed by atoms with E-state index in [4.69, 9.17) is 0 Å². The molecule has 1 amide bonds. The predicted molar refractivity (Wildman–Crippen MR) is 80.0 cm³/mol. The fraction of sp³-hybridized carbons (Fsp3) is 0.562. The first-order valence-corrected chi connectivity index (χ1v) is 7.22. The van der Waals surface area contributed by atoms with Gasteiger partial charge in [-0.1, -0.05) is 26.0 Å². The van der Waals surface area contributed by atoms with Crippen LogP contribution >= 0.6 is 0 Å². The first-order valence-electron chi connectivity index (χ1n) is 7.22. The Labute approximate surface area is 121 Å². The summed E-state index contributed by atoms with van der Waals surface area (Å²) in [6.07, 6.45) is 1.77. The van der Waals surface area contributed by atoms with Crippen LogP contribution in [-0.4, -0.2) is 25.0 Å². The normalized spacial score (nSPS) is 12.4. The van der Waals surface area contributed by atoms with Crippen LogP contribution in [0.5, 0.6) is 0 Å². The molecule has 0 heterocycles. The van der Waals surface area contributed by atoms with Gasteiger partial charge in [-0.15, -0.1) is 0 Å². The number of nitrogens with one attached hydrogen (secondary N) is 2. The zero-order chi connectivity index (χ0) is 15.0. The molecule has 2 N–H and O–H groups in total. The SMILES string of the molecule is CC(C)CCNC(=O)CNC(C)Cc1ccc(F)cc1. The smallest absolute Gasteiger partial charge is 0.233 e. The third kappa shape index (κ3) is 7.24. The summed E-state index contributed by atoms with van der Waals surface area (Å²) < 4.78 is 12.8. The molecule has 1 unspecified atom stereocenters. The van der Waals surface area contributed by atoms with Gasteiger partial charge in [-0.05, 0) is 43.4 Å². The Morgan fingerprint density at radius 1 is 1.20 bits per heavy atom. The molecule has 0 bridgehead atoms. The van der Waals surface area contributed by atoms with Crippen LogP contribution in [-0.2, 0) is 11.2 Å². The number of hydrogen-bond donors (Lipinski definition) is 2. The minimum atomic E-state index is -0.223. The Bertz CT molecular complexity index is 403. The molecule has 1 rings (SSSR count). The lowest BCUT2D eigenvalue weighted by molar-refractivity contribution is -0.120. The molecule has 3 nitrogen and oxygen atoms in total. The van der Waals surface area contributed by atoms with Gasteiger partial charge in [0, 0.05) is 12.6 Å². The van der Waals surface area contributed by atoms with Gasteiger partial charge in [0.05, 0.1) is 6.54 Å². The summed E-state index contributed by atoms with van der Waals surface area (Å²) in [5.74, 6) is 0.399. The minimum Gasteiger partial charge on any atom is -0.355 e. The lowest BCUT2D eigenvalue weighted by Crippen LogP contribution is -2.39. The molecule has 1 atom stereocenters. The van der Waals surface area contributed by atoms with Crippen LogP contribution in [0.1, 0.15) is 32.8 Å². The summed E-state index contributed by atoms with van der Waals surface area (Å²) in [4.78, 5) is 11.6. The van der Waals surface area contributed by atoms with E-state index in [0.29, 0.717) is 12.5 Å². The fourth-order valence-electron chi connectivity index (χ4n) is 1.88. The van der Waals surface area contributed by atoms with Gasteiger partial charge in [-0.25, -0.2) is 4.39 Å². The highest BCUT2D eigenvalue weighted by Crippen LogP contribution is 2.05. The summed E-state index contributed by atoms with van der Waals surface area (Å²) in [6.45, 7) is 7.33. The average Bonchev–Trinajstić information content (AvgIpc) is 2.39. The molecule has 1 aromatic carbocycles. The average molecular weight is 280 g/mol. The van der Waals surface area contributed by atoms with E-state index >= 15 is 0 Å². The molecule has 1 aromatic rings. The molecule has 0 radical (unpaired) electrons. The molecule has 0 aliphatic rings. The molecule has 0 saturated heterocycles. The molecule has 0 fully saturated rings. The summed E-state index contributed by atoms with van der Waals surface area (Å²) >= 11 is 0. The molecular weight excluding hydrogens is 255 g/mol. The van der Waals surface area contributed by atoms with Crippen LogP contribution in [0.2, 0.25) is 0 Å². The van der Waals surface area contributed by atoms with Crippen molar-refractivity contribution in [1.82, 2.24) is 10.6 Å². The van der Waals surface area contributed by atoms with E-state index in [2.05, 4.69) is 24.5 Å². The Morgan fingerprint density at radius 2 is 1.85 bits per heavy atom. The number of carbonyl (C=O) groups excluding carboxylic acids is 1. The van der Waals surface area contributed by atoms with Crippen LogP contribution in [0.4, 0.5) is 4.39 Å². The molecule has 0 saturated carbocycles. The molecule has 112 valence electrons. The van der Waals surface area contributed by atoms with Crippen molar-refractivity contribution in [2.75, 3.05) is 13.1 Å². The van der Waals surface area contributed by atoms with E-state index in [-0.39, 0.29) is 17.8 Å². The fourth-order valence-corrected chi connectivity index (χ4v) is 1.88. The first-order chi connectivity index (χ1) is 9.47. The van der Waals surface area contributed by atoms with E-state index in [9.17, 15) is 9.18 Å². The largest absolute Gasteiger partial charge is 0.355 e. The number of benzene rings is 1. The Balaban J connectivity index is 2.20. The molecule has 4 heteroatoms. The zero-order valence-electron chi connectivity index (χ0n) is 12.6. The highest BCUT2D eigenvalue weighted by Gasteiger charge is 2.06.